The van der Waals surface area contributed by atoms with E-state index in [9.17, 15) is 9.90 Å². The van der Waals surface area contributed by atoms with Crippen LogP contribution in [-0.2, 0) is 44.0 Å². The van der Waals surface area contributed by atoms with E-state index in [1.807, 2.05) is 32.0 Å². The summed E-state index contributed by atoms with van der Waals surface area (Å²) in [6.07, 6.45) is 3.26. The van der Waals surface area contributed by atoms with Gasteiger partial charge in [0.2, 0.25) is 12.7 Å². The molecule has 1 radical (unpaired) electrons. The Kier molecular flexibility index (Phi) is 6.30. The molecular weight excluding hydrogens is 329 g/mol. The number of anilines is 1. The molecule has 1 aromatic heterocycles. The van der Waals surface area contributed by atoms with Gasteiger partial charge in [0.15, 0.2) is 11.9 Å². The van der Waals surface area contributed by atoms with Crippen molar-refractivity contribution in [1.82, 2.24) is 0 Å². The van der Waals surface area contributed by atoms with Gasteiger partial charge in [-0.15, -0.1) is 0 Å². The van der Waals surface area contributed by atoms with E-state index in [-0.39, 0.29) is 50.9 Å². The Balaban J connectivity index is 0.00000200. The second-order valence-electron chi connectivity index (χ2n) is 4.55. The molecule has 0 aliphatic rings. The minimum Gasteiger partial charge on any atom is -0.503 e. The van der Waals surface area contributed by atoms with Crippen molar-refractivity contribution in [2.75, 3.05) is 5.32 Å². The third-order valence-electron chi connectivity index (χ3n) is 2.91. The number of nitrogens with zero attached hydrogens (tertiary/aromatic N) is 1. The molecule has 0 saturated heterocycles. The van der Waals surface area contributed by atoms with Crippen LogP contribution < -0.4 is 9.88 Å². The van der Waals surface area contributed by atoms with Crippen molar-refractivity contribution >= 4 is 11.6 Å². The van der Waals surface area contributed by atoms with Gasteiger partial charge < -0.3 is 10.4 Å². The number of carbonyl (C=O) groups excluding carboxylic acids is 1. The van der Waals surface area contributed by atoms with E-state index in [4.69, 9.17) is 0 Å². The second kappa shape index (κ2) is 7.51. The topological polar surface area (TPSA) is 53.2 Å². The monoisotopic (exact) mass is 346 g/mol. The Morgan fingerprint density at radius 2 is 1.85 bits per heavy atom. The van der Waals surface area contributed by atoms with Crippen LogP contribution in [0.4, 0.5) is 5.69 Å². The van der Waals surface area contributed by atoms with Gasteiger partial charge in [0, 0.05) is 44.5 Å². The molecule has 0 fully saturated rings. The molecular formula is C15H17N2O2Y+. The first-order chi connectivity index (χ1) is 9.06. The predicted octanol–water partition coefficient (Wildman–Crippen LogP) is 1.93. The molecule has 0 saturated carbocycles. The summed E-state index contributed by atoms with van der Waals surface area (Å²) >= 11 is 0. The maximum absolute atomic E-state index is 12.0. The fraction of sp³-hybridized carbons (Fsp3) is 0.200. The SMILES string of the molecule is Cc1cccc(C)c1NC(=O)C[n+]1cccc(O)c1.[Y]. The molecule has 0 unspecified atom stereocenters. The van der Waals surface area contributed by atoms with Gasteiger partial charge >= 0.3 is 0 Å². The predicted molar refractivity (Wildman–Crippen MR) is 72.8 cm³/mol. The Labute approximate surface area is 143 Å². The van der Waals surface area contributed by atoms with Crippen molar-refractivity contribution in [2.24, 2.45) is 0 Å². The number of pyridine rings is 1. The Hall–Kier alpha value is -1.26. The average molecular weight is 346 g/mol. The van der Waals surface area contributed by atoms with Crippen LogP contribution in [0.2, 0.25) is 0 Å². The quantitative estimate of drug-likeness (QED) is 0.835. The largest absolute Gasteiger partial charge is 0.503 e. The van der Waals surface area contributed by atoms with E-state index < -0.39 is 0 Å². The number of aromatic nitrogens is 1. The molecule has 20 heavy (non-hydrogen) atoms. The zero-order valence-corrected chi connectivity index (χ0v) is 14.5. The van der Waals surface area contributed by atoms with E-state index >= 15 is 0 Å². The third kappa shape index (κ3) is 4.39. The Bertz CT molecular complexity index is 594. The van der Waals surface area contributed by atoms with Gasteiger partial charge in [0.1, 0.15) is 0 Å². The standard InChI is InChI=1S/C15H16N2O2.Y/c1-11-5-3-6-12(2)15(11)16-14(19)10-17-8-4-7-13(18)9-17;/h3-9H,10H2,1-2H3,(H-,16,18,19);/p+1. The smallest absolute Gasteiger partial charge is 0.290 e. The first kappa shape index (κ1) is 16.8. The average Bonchev–Trinajstić information content (AvgIpc) is 2.34. The van der Waals surface area contributed by atoms with Gasteiger partial charge in [0.25, 0.3) is 5.91 Å². The maximum atomic E-state index is 12.0. The third-order valence-corrected chi connectivity index (χ3v) is 2.91. The van der Waals surface area contributed by atoms with Gasteiger partial charge in [-0.3, -0.25) is 4.79 Å². The normalized spacial score (nSPS) is 9.70. The summed E-state index contributed by atoms with van der Waals surface area (Å²) in [5, 5.41) is 12.3. The van der Waals surface area contributed by atoms with Crippen molar-refractivity contribution in [3.05, 3.63) is 53.9 Å². The summed E-state index contributed by atoms with van der Waals surface area (Å²) in [5.41, 5.74) is 2.93. The molecule has 1 amide bonds. The van der Waals surface area contributed by atoms with Crippen molar-refractivity contribution in [3.8, 4) is 5.75 Å². The molecule has 0 spiro atoms. The van der Waals surface area contributed by atoms with Crippen LogP contribution in [0.3, 0.4) is 0 Å². The molecule has 1 heterocycles. The molecule has 101 valence electrons. The summed E-state index contributed by atoms with van der Waals surface area (Å²) < 4.78 is 1.64. The summed E-state index contributed by atoms with van der Waals surface area (Å²) in [5.74, 6) is 0.0235. The van der Waals surface area contributed by atoms with Crippen LogP contribution in [0.5, 0.6) is 5.75 Å². The molecule has 0 aliphatic heterocycles. The van der Waals surface area contributed by atoms with E-state index in [0.29, 0.717) is 0 Å². The minimum absolute atomic E-state index is 0. The maximum Gasteiger partial charge on any atom is 0.290 e. The van der Waals surface area contributed by atoms with Crippen molar-refractivity contribution in [1.29, 1.82) is 0 Å². The van der Waals surface area contributed by atoms with Crippen LogP contribution >= 0.6 is 0 Å². The van der Waals surface area contributed by atoms with E-state index in [1.54, 1.807) is 22.9 Å². The first-order valence-corrected chi connectivity index (χ1v) is 6.10. The Morgan fingerprint density at radius 1 is 1.20 bits per heavy atom. The van der Waals surface area contributed by atoms with E-state index in [2.05, 4.69) is 5.32 Å². The van der Waals surface area contributed by atoms with Gasteiger partial charge in [-0.05, 0) is 31.0 Å². The number of carbonyl (C=O) groups is 1. The molecule has 4 nitrogen and oxygen atoms in total. The number of amides is 1. The van der Waals surface area contributed by atoms with Crippen LogP contribution in [-0.4, -0.2) is 11.0 Å². The number of nitrogens with one attached hydrogen (secondary N) is 1. The summed E-state index contributed by atoms with van der Waals surface area (Å²) in [6, 6.07) is 9.15. The summed E-state index contributed by atoms with van der Waals surface area (Å²) in [6.45, 7) is 4.09. The van der Waals surface area contributed by atoms with E-state index in [1.165, 1.54) is 6.20 Å². The minimum atomic E-state index is -0.118. The molecule has 1 aromatic carbocycles. The molecule has 0 aliphatic carbocycles. The fourth-order valence-corrected chi connectivity index (χ4v) is 1.96. The number of benzene rings is 1. The van der Waals surface area contributed by atoms with Gasteiger partial charge in [-0.2, -0.15) is 4.57 Å². The first-order valence-electron chi connectivity index (χ1n) is 6.10. The van der Waals surface area contributed by atoms with Crippen molar-refractivity contribution in [3.63, 3.8) is 0 Å². The molecule has 0 atom stereocenters. The number of aromatic hydroxyl groups is 1. The molecule has 2 aromatic rings. The van der Waals surface area contributed by atoms with E-state index in [0.717, 1.165) is 16.8 Å². The zero-order valence-electron chi connectivity index (χ0n) is 11.6. The number of hydrogen-bond acceptors (Lipinski definition) is 2. The number of rotatable bonds is 3. The van der Waals surface area contributed by atoms with Gasteiger partial charge in [-0.25, -0.2) is 0 Å². The number of hydrogen-bond donors (Lipinski definition) is 2. The van der Waals surface area contributed by atoms with Crippen LogP contribution in [0.1, 0.15) is 11.1 Å². The number of aryl methyl sites for hydroxylation is 2. The molecule has 2 rings (SSSR count). The fourth-order valence-electron chi connectivity index (χ4n) is 1.96. The van der Waals surface area contributed by atoms with Crippen molar-refractivity contribution < 1.29 is 47.2 Å². The van der Waals surface area contributed by atoms with Crippen LogP contribution in [0, 0.1) is 13.8 Å². The summed E-state index contributed by atoms with van der Waals surface area (Å²) in [7, 11) is 0. The molecule has 5 heteroatoms. The zero-order chi connectivity index (χ0) is 13.8. The Morgan fingerprint density at radius 3 is 2.45 bits per heavy atom. The van der Waals surface area contributed by atoms with Crippen molar-refractivity contribution in [2.45, 2.75) is 20.4 Å². The summed E-state index contributed by atoms with van der Waals surface area (Å²) in [4.78, 5) is 12.0. The molecule has 2 N–H and O–H groups in total. The van der Waals surface area contributed by atoms with Crippen LogP contribution in [0.25, 0.3) is 0 Å². The number of para-hydroxylation sites is 1. The molecule has 0 bridgehead atoms. The second-order valence-corrected chi connectivity index (χ2v) is 4.55. The van der Waals surface area contributed by atoms with Gasteiger partial charge in [0.05, 0.1) is 0 Å². The van der Waals surface area contributed by atoms with Crippen LogP contribution in [0.15, 0.2) is 42.7 Å². The van der Waals surface area contributed by atoms with Gasteiger partial charge in [-0.1, -0.05) is 18.2 Å².